The van der Waals surface area contributed by atoms with Crippen LogP contribution >= 0.6 is 0 Å². The van der Waals surface area contributed by atoms with Gasteiger partial charge in [0.1, 0.15) is 5.60 Å². The van der Waals surface area contributed by atoms with Crippen LogP contribution in [0.15, 0.2) is 24.3 Å². The number of methoxy groups -OCH3 is 1. The highest BCUT2D eigenvalue weighted by molar-refractivity contribution is 5.68. The minimum absolute atomic E-state index is 0.316. The molecule has 22 heavy (non-hydrogen) atoms. The molecule has 3 aliphatic rings. The van der Waals surface area contributed by atoms with Gasteiger partial charge < -0.3 is 14.2 Å². The fraction of sp³-hybridized carbons (Fsp3) is 0.529. The van der Waals surface area contributed by atoms with E-state index in [1.807, 2.05) is 18.2 Å². The summed E-state index contributed by atoms with van der Waals surface area (Å²) >= 11 is 0. The number of ether oxygens (including phenoxy) is 3. The van der Waals surface area contributed by atoms with Crippen molar-refractivity contribution in [2.24, 2.45) is 5.92 Å². The van der Waals surface area contributed by atoms with Crippen molar-refractivity contribution < 1.29 is 19.0 Å². The minimum Gasteiger partial charge on any atom is -0.493 e. The molecule has 0 aromatic heterocycles. The molecule has 0 radical (unpaired) electrons. The standard InChI is InChI=1S/C17H21NO4/c1-19-16-8-13(4-5-15(16)21-10-12-2-3-12)14-9-17(22-18-14)6-7-20-11-17/h4-5,8-9,12,18H,2-3,6-7,10-11H2,1H3. The van der Waals surface area contributed by atoms with Crippen LogP contribution in [-0.2, 0) is 9.57 Å². The molecule has 1 aliphatic carbocycles. The summed E-state index contributed by atoms with van der Waals surface area (Å²) in [6.07, 6.45) is 5.54. The summed E-state index contributed by atoms with van der Waals surface area (Å²) in [5.41, 5.74) is 4.69. The first-order valence-corrected chi connectivity index (χ1v) is 7.84. The molecule has 1 saturated heterocycles. The van der Waals surface area contributed by atoms with Crippen LogP contribution < -0.4 is 15.0 Å². The molecule has 5 nitrogen and oxygen atoms in total. The summed E-state index contributed by atoms with van der Waals surface area (Å²) in [5, 5.41) is 0. The third-order valence-corrected chi connectivity index (χ3v) is 4.43. The molecule has 1 aromatic carbocycles. The monoisotopic (exact) mass is 303 g/mol. The van der Waals surface area contributed by atoms with Crippen LogP contribution in [0, 0.1) is 5.92 Å². The average Bonchev–Trinajstić information content (AvgIpc) is 3.12. The van der Waals surface area contributed by atoms with Gasteiger partial charge in [0.15, 0.2) is 11.5 Å². The van der Waals surface area contributed by atoms with Crippen LogP contribution in [0.5, 0.6) is 11.5 Å². The summed E-state index contributed by atoms with van der Waals surface area (Å²) < 4.78 is 16.8. The molecular formula is C17H21NO4. The Morgan fingerprint density at radius 3 is 2.95 bits per heavy atom. The van der Waals surface area contributed by atoms with E-state index in [1.54, 1.807) is 7.11 Å². The zero-order chi connectivity index (χ0) is 15.0. The molecule has 2 heterocycles. The van der Waals surface area contributed by atoms with Crippen LogP contribution in [0.25, 0.3) is 5.70 Å². The Hall–Kier alpha value is -1.72. The number of nitrogens with one attached hydrogen (secondary N) is 1. The van der Waals surface area contributed by atoms with Crippen molar-refractivity contribution in [2.45, 2.75) is 24.9 Å². The van der Waals surface area contributed by atoms with Crippen LogP contribution in [0.4, 0.5) is 0 Å². The second-order valence-electron chi connectivity index (χ2n) is 6.25. The molecule has 1 unspecified atom stereocenters. The van der Waals surface area contributed by atoms with Gasteiger partial charge in [0.2, 0.25) is 0 Å². The largest absolute Gasteiger partial charge is 0.493 e. The van der Waals surface area contributed by atoms with Crippen LogP contribution in [0.1, 0.15) is 24.8 Å². The highest BCUT2D eigenvalue weighted by Crippen LogP contribution is 2.37. The molecule has 4 rings (SSSR count). The Kier molecular flexibility index (Phi) is 3.47. The number of hydrogen-bond donors (Lipinski definition) is 1. The normalized spacial score (nSPS) is 26.9. The summed E-state index contributed by atoms with van der Waals surface area (Å²) in [6, 6.07) is 5.98. The van der Waals surface area contributed by atoms with Gasteiger partial charge in [0.05, 0.1) is 26.0 Å². The van der Waals surface area contributed by atoms with E-state index in [-0.39, 0.29) is 5.60 Å². The SMILES string of the molecule is COc1cc(C2=CC3(CCOC3)ON2)ccc1OCC1CC1. The van der Waals surface area contributed by atoms with E-state index >= 15 is 0 Å². The molecule has 1 atom stereocenters. The number of hydroxylamine groups is 1. The van der Waals surface area contributed by atoms with Crippen molar-refractivity contribution in [2.75, 3.05) is 26.9 Å². The first-order chi connectivity index (χ1) is 10.8. The molecule has 2 aliphatic heterocycles. The van der Waals surface area contributed by atoms with Crippen LogP contribution in [0.2, 0.25) is 0 Å². The third-order valence-electron chi connectivity index (χ3n) is 4.43. The molecule has 118 valence electrons. The van der Waals surface area contributed by atoms with Crippen molar-refractivity contribution >= 4 is 5.70 Å². The molecule has 1 saturated carbocycles. The first-order valence-electron chi connectivity index (χ1n) is 7.84. The minimum atomic E-state index is -0.316. The lowest BCUT2D eigenvalue weighted by Crippen LogP contribution is -2.29. The molecule has 1 spiro atoms. The van der Waals surface area contributed by atoms with Crippen LogP contribution in [0.3, 0.4) is 0 Å². The van der Waals surface area contributed by atoms with Gasteiger partial charge in [-0.15, -0.1) is 0 Å². The Morgan fingerprint density at radius 1 is 1.32 bits per heavy atom. The summed E-state index contributed by atoms with van der Waals surface area (Å²) in [4.78, 5) is 5.72. The van der Waals surface area contributed by atoms with Crippen molar-refractivity contribution in [1.82, 2.24) is 5.48 Å². The fourth-order valence-corrected chi connectivity index (χ4v) is 2.82. The van der Waals surface area contributed by atoms with E-state index in [2.05, 4.69) is 11.6 Å². The van der Waals surface area contributed by atoms with Gasteiger partial charge >= 0.3 is 0 Å². The molecule has 2 fully saturated rings. The lowest BCUT2D eigenvalue weighted by atomic mass is 10.0. The number of benzene rings is 1. The maximum Gasteiger partial charge on any atom is 0.161 e. The van der Waals surface area contributed by atoms with Gasteiger partial charge in [-0.1, -0.05) is 0 Å². The first kappa shape index (κ1) is 13.9. The lowest BCUT2D eigenvalue weighted by molar-refractivity contribution is -0.0373. The zero-order valence-corrected chi connectivity index (χ0v) is 12.8. The van der Waals surface area contributed by atoms with Gasteiger partial charge in [-0.25, -0.2) is 0 Å². The Balaban J connectivity index is 1.54. The molecule has 1 N–H and O–H groups in total. The van der Waals surface area contributed by atoms with E-state index < -0.39 is 0 Å². The fourth-order valence-electron chi connectivity index (χ4n) is 2.82. The predicted molar refractivity (Wildman–Crippen MR) is 81.6 cm³/mol. The van der Waals surface area contributed by atoms with E-state index in [0.29, 0.717) is 6.61 Å². The van der Waals surface area contributed by atoms with Gasteiger partial charge in [-0.3, -0.25) is 10.3 Å². The third kappa shape index (κ3) is 2.66. The quantitative estimate of drug-likeness (QED) is 0.906. The Morgan fingerprint density at radius 2 is 2.23 bits per heavy atom. The van der Waals surface area contributed by atoms with Crippen molar-refractivity contribution in [1.29, 1.82) is 0 Å². The van der Waals surface area contributed by atoms with Crippen molar-refractivity contribution in [3.8, 4) is 11.5 Å². The maximum absolute atomic E-state index is 5.85. The second-order valence-corrected chi connectivity index (χ2v) is 6.25. The number of hydrogen-bond acceptors (Lipinski definition) is 5. The second kappa shape index (κ2) is 5.48. The van der Waals surface area contributed by atoms with Gasteiger partial charge in [0.25, 0.3) is 0 Å². The Labute approximate surface area is 130 Å². The maximum atomic E-state index is 5.85. The summed E-state index contributed by atoms with van der Waals surface area (Å²) in [5.74, 6) is 2.28. The van der Waals surface area contributed by atoms with Crippen molar-refractivity contribution in [3.05, 3.63) is 29.8 Å². The van der Waals surface area contributed by atoms with Gasteiger partial charge in [0, 0.05) is 18.6 Å². The number of rotatable bonds is 5. The lowest BCUT2D eigenvalue weighted by Gasteiger charge is -2.15. The predicted octanol–water partition coefficient (Wildman–Crippen LogP) is 2.52. The molecular weight excluding hydrogens is 282 g/mol. The smallest absolute Gasteiger partial charge is 0.161 e. The van der Waals surface area contributed by atoms with E-state index in [4.69, 9.17) is 19.0 Å². The Bertz CT molecular complexity index is 588. The van der Waals surface area contributed by atoms with Crippen LogP contribution in [-0.4, -0.2) is 32.5 Å². The topological polar surface area (TPSA) is 49.0 Å². The van der Waals surface area contributed by atoms with Crippen molar-refractivity contribution in [3.63, 3.8) is 0 Å². The highest BCUT2D eigenvalue weighted by Gasteiger charge is 2.39. The molecule has 0 amide bonds. The summed E-state index contributed by atoms with van der Waals surface area (Å²) in [7, 11) is 1.67. The molecule has 5 heteroatoms. The zero-order valence-electron chi connectivity index (χ0n) is 12.8. The molecule has 1 aromatic rings. The van der Waals surface area contributed by atoms with E-state index in [1.165, 1.54) is 12.8 Å². The van der Waals surface area contributed by atoms with E-state index in [9.17, 15) is 0 Å². The van der Waals surface area contributed by atoms with Gasteiger partial charge in [-0.2, -0.15) is 0 Å². The van der Waals surface area contributed by atoms with E-state index in [0.717, 1.165) is 48.3 Å². The summed E-state index contributed by atoms with van der Waals surface area (Å²) in [6.45, 7) is 2.12. The highest BCUT2D eigenvalue weighted by atomic mass is 16.7. The average molecular weight is 303 g/mol. The van der Waals surface area contributed by atoms with Gasteiger partial charge in [-0.05, 0) is 43.0 Å². The molecule has 0 bridgehead atoms.